The van der Waals surface area contributed by atoms with Gasteiger partial charge in [0.2, 0.25) is 0 Å². The second-order valence-corrected chi connectivity index (χ2v) is 7.61. The summed E-state index contributed by atoms with van der Waals surface area (Å²) in [5, 5.41) is 0. The van der Waals surface area contributed by atoms with E-state index in [1.54, 1.807) is 0 Å². The maximum absolute atomic E-state index is 11.4. The first-order chi connectivity index (χ1) is 9.72. The molecule has 1 heterocycles. The van der Waals surface area contributed by atoms with Crippen LogP contribution >= 0.6 is 0 Å². The van der Waals surface area contributed by atoms with Crippen molar-refractivity contribution in [2.24, 2.45) is 23.7 Å². The maximum atomic E-state index is 11.4. The van der Waals surface area contributed by atoms with Gasteiger partial charge in [-0.2, -0.15) is 0 Å². The first-order valence-electron chi connectivity index (χ1n) is 8.85. The summed E-state index contributed by atoms with van der Waals surface area (Å²) >= 11 is 0. The highest BCUT2D eigenvalue weighted by molar-refractivity contribution is 5.79. The van der Waals surface area contributed by atoms with E-state index in [2.05, 4.69) is 6.92 Å². The van der Waals surface area contributed by atoms with Gasteiger partial charge in [0, 0.05) is 19.4 Å². The zero-order valence-electron chi connectivity index (χ0n) is 13.0. The second-order valence-electron chi connectivity index (χ2n) is 7.61. The summed E-state index contributed by atoms with van der Waals surface area (Å²) in [5.74, 6) is 3.84. The van der Waals surface area contributed by atoms with Crippen molar-refractivity contribution in [2.45, 2.75) is 77.2 Å². The lowest BCUT2D eigenvalue weighted by Gasteiger charge is -2.40. The van der Waals surface area contributed by atoms with Crippen LogP contribution in [-0.2, 0) is 9.53 Å². The number of ether oxygens (including phenoxy) is 1. The fourth-order valence-electron chi connectivity index (χ4n) is 4.70. The van der Waals surface area contributed by atoms with Crippen LogP contribution in [0.5, 0.6) is 0 Å². The minimum atomic E-state index is 0.500. The van der Waals surface area contributed by atoms with Crippen LogP contribution < -0.4 is 0 Å². The summed E-state index contributed by atoms with van der Waals surface area (Å²) in [4.78, 5) is 11.4. The van der Waals surface area contributed by atoms with Gasteiger partial charge in [-0.05, 0) is 75.0 Å². The highest BCUT2D eigenvalue weighted by atomic mass is 16.5. The molecular formula is C18H30O2. The molecule has 3 aliphatic rings. The molecule has 2 atom stereocenters. The summed E-state index contributed by atoms with van der Waals surface area (Å²) in [6.45, 7) is 3.28. The summed E-state index contributed by atoms with van der Waals surface area (Å²) in [6.07, 6.45) is 12.8. The molecule has 2 saturated carbocycles. The highest BCUT2D eigenvalue weighted by Gasteiger charge is 2.34. The van der Waals surface area contributed by atoms with Crippen molar-refractivity contribution in [2.75, 3.05) is 6.61 Å². The second kappa shape index (κ2) is 6.60. The van der Waals surface area contributed by atoms with E-state index in [4.69, 9.17) is 4.74 Å². The Kier molecular flexibility index (Phi) is 4.80. The largest absolute Gasteiger partial charge is 0.378 e. The molecule has 3 fully saturated rings. The van der Waals surface area contributed by atoms with E-state index in [1.807, 2.05) is 0 Å². The molecule has 2 nitrogen and oxygen atoms in total. The Morgan fingerprint density at radius 2 is 1.40 bits per heavy atom. The lowest BCUT2D eigenvalue weighted by molar-refractivity contribution is -0.121. The number of Topliss-reactive ketones (excluding diaryl/α,β-unsaturated/α-hetero) is 1. The van der Waals surface area contributed by atoms with Gasteiger partial charge in [-0.1, -0.05) is 6.92 Å². The van der Waals surface area contributed by atoms with Gasteiger partial charge in [-0.25, -0.2) is 0 Å². The molecule has 0 amide bonds. The van der Waals surface area contributed by atoms with Crippen LogP contribution in [0.2, 0.25) is 0 Å². The SMILES string of the molecule is CC1CCC(C2CCC(C3CCC(=O)CC3)CC2)OC1. The van der Waals surface area contributed by atoms with E-state index in [0.717, 1.165) is 43.1 Å². The highest BCUT2D eigenvalue weighted by Crippen LogP contribution is 2.41. The van der Waals surface area contributed by atoms with Crippen LogP contribution in [0.1, 0.15) is 71.1 Å². The minimum absolute atomic E-state index is 0.500. The van der Waals surface area contributed by atoms with Crippen molar-refractivity contribution in [3.63, 3.8) is 0 Å². The van der Waals surface area contributed by atoms with Crippen molar-refractivity contribution in [3.8, 4) is 0 Å². The smallest absolute Gasteiger partial charge is 0.132 e. The first kappa shape index (κ1) is 14.6. The zero-order valence-corrected chi connectivity index (χ0v) is 13.0. The van der Waals surface area contributed by atoms with Crippen LogP contribution in [0.25, 0.3) is 0 Å². The Labute approximate surface area is 123 Å². The topological polar surface area (TPSA) is 26.3 Å². The van der Waals surface area contributed by atoms with Gasteiger partial charge in [0.25, 0.3) is 0 Å². The van der Waals surface area contributed by atoms with Gasteiger partial charge in [0.1, 0.15) is 5.78 Å². The molecule has 0 radical (unpaired) electrons. The molecule has 2 heteroatoms. The van der Waals surface area contributed by atoms with Crippen molar-refractivity contribution in [1.29, 1.82) is 0 Å². The van der Waals surface area contributed by atoms with E-state index >= 15 is 0 Å². The Morgan fingerprint density at radius 1 is 0.800 bits per heavy atom. The average Bonchev–Trinajstić information content (AvgIpc) is 2.49. The molecule has 20 heavy (non-hydrogen) atoms. The summed E-state index contributed by atoms with van der Waals surface area (Å²) in [6, 6.07) is 0. The lowest BCUT2D eigenvalue weighted by atomic mass is 9.69. The van der Waals surface area contributed by atoms with Crippen LogP contribution in [0.15, 0.2) is 0 Å². The van der Waals surface area contributed by atoms with Crippen molar-refractivity contribution >= 4 is 5.78 Å². The number of hydrogen-bond acceptors (Lipinski definition) is 2. The summed E-state index contributed by atoms with van der Waals surface area (Å²) in [7, 11) is 0. The van der Waals surface area contributed by atoms with Gasteiger partial charge in [-0.3, -0.25) is 4.79 Å². The standard InChI is InChI=1S/C18H30O2/c1-13-2-11-18(20-12-13)16-5-3-14(4-6-16)15-7-9-17(19)10-8-15/h13-16,18H,2-12H2,1H3. The van der Waals surface area contributed by atoms with Crippen LogP contribution in [0, 0.1) is 23.7 Å². The van der Waals surface area contributed by atoms with Crippen LogP contribution in [0.4, 0.5) is 0 Å². The van der Waals surface area contributed by atoms with E-state index in [0.29, 0.717) is 11.9 Å². The van der Waals surface area contributed by atoms with Gasteiger partial charge in [0.15, 0.2) is 0 Å². The third kappa shape index (κ3) is 3.44. The predicted octanol–water partition coefficient (Wildman–Crippen LogP) is 4.37. The predicted molar refractivity (Wildman–Crippen MR) is 80.6 cm³/mol. The Hall–Kier alpha value is -0.370. The molecule has 0 N–H and O–H groups in total. The van der Waals surface area contributed by atoms with Gasteiger partial charge in [-0.15, -0.1) is 0 Å². The Bertz CT molecular complexity index is 312. The number of carbonyl (C=O) groups excluding carboxylic acids is 1. The quantitative estimate of drug-likeness (QED) is 0.750. The van der Waals surface area contributed by atoms with E-state index in [-0.39, 0.29) is 0 Å². The van der Waals surface area contributed by atoms with Gasteiger partial charge >= 0.3 is 0 Å². The first-order valence-corrected chi connectivity index (χ1v) is 8.85. The van der Waals surface area contributed by atoms with E-state index in [1.165, 1.54) is 51.4 Å². The Morgan fingerprint density at radius 3 is 2.00 bits per heavy atom. The van der Waals surface area contributed by atoms with E-state index < -0.39 is 0 Å². The zero-order chi connectivity index (χ0) is 13.9. The summed E-state index contributed by atoms with van der Waals surface area (Å²) < 4.78 is 6.08. The normalized spacial score (nSPS) is 40.8. The van der Waals surface area contributed by atoms with Crippen molar-refractivity contribution in [1.82, 2.24) is 0 Å². The molecule has 2 aliphatic carbocycles. The monoisotopic (exact) mass is 278 g/mol. The Balaban J connectivity index is 1.44. The number of ketones is 1. The molecule has 0 aromatic heterocycles. The third-order valence-corrected chi connectivity index (χ3v) is 6.14. The van der Waals surface area contributed by atoms with Crippen LogP contribution in [-0.4, -0.2) is 18.5 Å². The number of rotatable bonds is 2. The summed E-state index contributed by atoms with van der Waals surface area (Å²) in [5.41, 5.74) is 0. The molecular weight excluding hydrogens is 248 g/mol. The maximum Gasteiger partial charge on any atom is 0.132 e. The molecule has 0 aromatic carbocycles. The molecule has 0 spiro atoms. The number of hydrogen-bond donors (Lipinski definition) is 0. The van der Waals surface area contributed by atoms with Crippen LogP contribution in [0.3, 0.4) is 0 Å². The fourth-order valence-corrected chi connectivity index (χ4v) is 4.70. The molecule has 1 saturated heterocycles. The third-order valence-electron chi connectivity index (χ3n) is 6.14. The molecule has 1 aliphatic heterocycles. The van der Waals surface area contributed by atoms with E-state index in [9.17, 15) is 4.79 Å². The number of carbonyl (C=O) groups is 1. The molecule has 0 aromatic rings. The van der Waals surface area contributed by atoms with Crippen molar-refractivity contribution in [3.05, 3.63) is 0 Å². The van der Waals surface area contributed by atoms with Gasteiger partial charge in [0.05, 0.1) is 6.10 Å². The average molecular weight is 278 g/mol. The molecule has 114 valence electrons. The lowest BCUT2D eigenvalue weighted by Crippen LogP contribution is -2.35. The van der Waals surface area contributed by atoms with Gasteiger partial charge < -0.3 is 4.74 Å². The van der Waals surface area contributed by atoms with Crippen molar-refractivity contribution < 1.29 is 9.53 Å². The molecule has 2 unspecified atom stereocenters. The minimum Gasteiger partial charge on any atom is -0.378 e. The molecule has 0 bridgehead atoms. The molecule has 3 rings (SSSR count). The fraction of sp³-hybridized carbons (Fsp3) is 0.944.